The lowest BCUT2D eigenvalue weighted by atomic mass is 10.1. The van der Waals surface area contributed by atoms with Crippen molar-refractivity contribution in [2.75, 3.05) is 18.5 Å². The molecule has 1 amide bonds. The summed E-state index contributed by atoms with van der Waals surface area (Å²) in [7, 11) is 0. The minimum Gasteiger partial charge on any atom is -0.490 e. The maximum Gasteiger partial charge on any atom is 0.296 e. The van der Waals surface area contributed by atoms with E-state index in [1.165, 1.54) is 30.3 Å². The molecule has 0 aromatic heterocycles. The van der Waals surface area contributed by atoms with Gasteiger partial charge in [-0.25, -0.2) is 4.39 Å². The lowest BCUT2D eigenvalue weighted by molar-refractivity contribution is -0.384. The molecule has 0 bridgehead atoms. The number of halogens is 1. The molecule has 150 valence electrons. The normalized spacial score (nSPS) is 10.4. The van der Waals surface area contributed by atoms with Crippen LogP contribution in [0.15, 0.2) is 36.4 Å². The highest BCUT2D eigenvalue weighted by molar-refractivity contribution is 5.95. The first-order chi connectivity index (χ1) is 13.4. The van der Waals surface area contributed by atoms with E-state index >= 15 is 0 Å². The van der Waals surface area contributed by atoms with E-state index in [1.807, 2.05) is 13.8 Å². The standard InChI is InChI=1S/C20H23FN2O5/c1-3-8-27-18-12-16(17(23(25)26)13-19(18)28-9-4-2)22-20(24)11-14-6-5-7-15(21)10-14/h5-7,10,12-13H,3-4,8-9,11H2,1-2H3,(H,22,24). The fraction of sp³-hybridized carbons (Fsp3) is 0.350. The van der Waals surface area contributed by atoms with Gasteiger partial charge in [0.15, 0.2) is 11.5 Å². The Bertz CT molecular complexity index is 841. The monoisotopic (exact) mass is 390 g/mol. The van der Waals surface area contributed by atoms with E-state index in [9.17, 15) is 19.3 Å². The molecule has 2 rings (SSSR count). The number of hydrogen-bond donors (Lipinski definition) is 1. The summed E-state index contributed by atoms with van der Waals surface area (Å²) in [5, 5.41) is 14.0. The number of carbonyl (C=O) groups excluding carboxylic acids is 1. The highest BCUT2D eigenvalue weighted by atomic mass is 19.1. The number of nitrogens with zero attached hydrogens (tertiary/aromatic N) is 1. The van der Waals surface area contributed by atoms with E-state index in [-0.39, 0.29) is 23.5 Å². The highest BCUT2D eigenvalue weighted by Crippen LogP contribution is 2.38. The third-order valence-corrected chi connectivity index (χ3v) is 3.71. The van der Waals surface area contributed by atoms with Crippen molar-refractivity contribution in [2.45, 2.75) is 33.1 Å². The summed E-state index contributed by atoms with van der Waals surface area (Å²) in [4.78, 5) is 23.2. The van der Waals surface area contributed by atoms with Gasteiger partial charge in [-0.05, 0) is 30.5 Å². The van der Waals surface area contributed by atoms with Crippen molar-refractivity contribution in [1.82, 2.24) is 0 Å². The van der Waals surface area contributed by atoms with Crippen LogP contribution in [-0.2, 0) is 11.2 Å². The Balaban J connectivity index is 2.29. The van der Waals surface area contributed by atoms with E-state index in [0.717, 1.165) is 12.8 Å². The van der Waals surface area contributed by atoms with Gasteiger partial charge in [0.25, 0.3) is 5.69 Å². The Kier molecular flexibility index (Phi) is 7.74. The summed E-state index contributed by atoms with van der Waals surface area (Å²) in [5.41, 5.74) is 0.161. The summed E-state index contributed by atoms with van der Waals surface area (Å²) in [6.45, 7) is 4.63. The van der Waals surface area contributed by atoms with Crippen LogP contribution in [0.1, 0.15) is 32.3 Å². The molecule has 0 fully saturated rings. The lowest BCUT2D eigenvalue weighted by Gasteiger charge is -2.14. The van der Waals surface area contributed by atoms with E-state index < -0.39 is 16.6 Å². The summed E-state index contributed by atoms with van der Waals surface area (Å²) < 4.78 is 24.5. The van der Waals surface area contributed by atoms with Crippen LogP contribution in [0.5, 0.6) is 11.5 Å². The predicted molar refractivity (Wildman–Crippen MR) is 103 cm³/mol. The number of benzene rings is 2. The number of ether oxygens (including phenoxy) is 2. The van der Waals surface area contributed by atoms with Gasteiger partial charge in [-0.15, -0.1) is 0 Å². The minimum absolute atomic E-state index is 0.00125. The molecule has 0 aliphatic heterocycles. The van der Waals surface area contributed by atoms with Gasteiger partial charge in [0, 0.05) is 6.07 Å². The van der Waals surface area contributed by atoms with Gasteiger partial charge in [-0.2, -0.15) is 0 Å². The van der Waals surface area contributed by atoms with E-state index in [1.54, 1.807) is 6.07 Å². The van der Waals surface area contributed by atoms with Crippen LogP contribution < -0.4 is 14.8 Å². The van der Waals surface area contributed by atoms with Crippen LogP contribution in [-0.4, -0.2) is 24.0 Å². The SMILES string of the molecule is CCCOc1cc(NC(=O)Cc2cccc(F)c2)c([N+](=O)[O-])cc1OCCC. The van der Waals surface area contributed by atoms with Crippen molar-refractivity contribution in [3.63, 3.8) is 0 Å². The molecule has 1 N–H and O–H groups in total. The first-order valence-electron chi connectivity index (χ1n) is 9.06. The van der Waals surface area contributed by atoms with Gasteiger partial charge in [0.05, 0.1) is 30.6 Å². The average molecular weight is 390 g/mol. The fourth-order valence-corrected chi connectivity index (χ4v) is 2.48. The minimum atomic E-state index is -0.597. The Morgan fingerprint density at radius 3 is 2.32 bits per heavy atom. The van der Waals surface area contributed by atoms with E-state index in [4.69, 9.17) is 9.47 Å². The lowest BCUT2D eigenvalue weighted by Crippen LogP contribution is -2.16. The second-order valence-electron chi connectivity index (χ2n) is 6.12. The second-order valence-corrected chi connectivity index (χ2v) is 6.12. The third kappa shape index (κ3) is 5.94. The molecule has 0 aliphatic rings. The predicted octanol–water partition coefficient (Wildman–Crippen LogP) is 4.49. The third-order valence-electron chi connectivity index (χ3n) is 3.71. The fourth-order valence-electron chi connectivity index (χ4n) is 2.48. The molecule has 8 heteroatoms. The molecule has 0 saturated carbocycles. The molecule has 0 radical (unpaired) electrons. The van der Waals surface area contributed by atoms with Crippen LogP contribution >= 0.6 is 0 Å². The number of nitro benzene ring substituents is 1. The van der Waals surface area contributed by atoms with Gasteiger partial charge >= 0.3 is 0 Å². The molecule has 0 spiro atoms. The Morgan fingerprint density at radius 2 is 1.75 bits per heavy atom. The van der Waals surface area contributed by atoms with Crippen LogP contribution in [0.2, 0.25) is 0 Å². The van der Waals surface area contributed by atoms with Crippen molar-refractivity contribution < 1.29 is 23.6 Å². The van der Waals surface area contributed by atoms with Crippen molar-refractivity contribution >= 4 is 17.3 Å². The number of carbonyl (C=O) groups is 1. The van der Waals surface area contributed by atoms with Crippen LogP contribution in [0, 0.1) is 15.9 Å². The van der Waals surface area contributed by atoms with Gasteiger partial charge < -0.3 is 14.8 Å². The summed E-state index contributed by atoms with van der Waals surface area (Å²) >= 11 is 0. The zero-order chi connectivity index (χ0) is 20.5. The van der Waals surface area contributed by atoms with Crippen molar-refractivity contribution in [1.29, 1.82) is 0 Å². The summed E-state index contributed by atoms with van der Waals surface area (Å²) in [5.74, 6) is -0.381. The van der Waals surface area contributed by atoms with Crippen molar-refractivity contribution in [2.24, 2.45) is 0 Å². The molecule has 0 atom stereocenters. The van der Waals surface area contributed by atoms with E-state index in [0.29, 0.717) is 24.5 Å². The number of hydrogen-bond acceptors (Lipinski definition) is 5. The zero-order valence-corrected chi connectivity index (χ0v) is 15.9. The van der Waals surface area contributed by atoms with Gasteiger partial charge in [-0.1, -0.05) is 26.0 Å². The molecule has 2 aromatic carbocycles. The van der Waals surface area contributed by atoms with Crippen LogP contribution in [0.4, 0.5) is 15.8 Å². The molecule has 0 heterocycles. The molecule has 0 aliphatic carbocycles. The largest absolute Gasteiger partial charge is 0.490 e. The molecule has 28 heavy (non-hydrogen) atoms. The number of amides is 1. The van der Waals surface area contributed by atoms with Crippen molar-refractivity contribution in [3.8, 4) is 11.5 Å². The van der Waals surface area contributed by atoms with Gasteiger partial charge in [-0.3, -0.25) is 14.9 Å². The van der Waals surface area contributed by atoms with Crippen LogP contribution in [0.3, 0.4) is 0 Å². The van der Waals surface area contributed by atoms with Crippen molar-refractivity contribution in [3.05, 3.63) is 57.9 Å². The Morgan fingerprint density at radius 1 is 1.11 bits per heavy atom. The van der Waals surface area contributed by atoms with Gasteiger partial charge in [0.2, 0.25) is 5.91 Å². The summed E-state index contributed by atoms with van der Waals surface area (Å²) in [6.07, 6.45) is 1.35. The smallest absolute Gasteiger partial charge is 0.296 e. The maximum absolute atomic E-state index is 13.3. The van der Waals surface area contributed by atoms with E-state index in [2.05, 4.69) is 5.32 Å². The maximum atomic E-state index is 13.3. The average Bonchev–Trinajstić information content (AvgIpc) is 2.65. The zero-order valence-electron chi connectivity index (χ0n) is 15.9. The quantitative estimate of drug-likeness (QED) is 0.477. The van der Waals surface area contributed by atoms with Gasteiger partial charge in [0.1, 0.15) is 11.5 Å². The summed E-state index contributed by atoms with van der Waals surface area (Å²) in [6, 6.07) is 8.26. The first kappa shape index (κ1) is 21.1. The molecule has 2 aromatic rings. The molecule has 7 nitrogen and oxygen atoms in total. The number of anilines is 1. The highest BCUT2D eigenvalue weighted by Gasteiger charge is 2.22. The topological polar surface area (TPSA) is 90.7 Å². The Labute approximate surface area is 162 Å². The van der Waals surface area contributed by atoms with Crippen LogP contribution in [0.25, 0.3) is 0 Å². The molecular weight excluding hydrogens is 367 g/mol. The molecular formula is C20H23FN2O5. The number of nitro groups is 1. The first-order valence-corrected chi connectivity index (χ1v) is 9.06. The number of rotatable bonds is 10. The second kappa shape index (κ2) is 10.2. The Hall–Kier alpha value is -3.16. The molecule has 0 saturated heterocycles. The number of nitrogens with one attached hydrogen (secondary N) is 1. The molecule has 0 unspecified atom stereocenters.